The highest BCUT2D eigenvalue weighted by Crippen LogP contribution is 2.29. The molecule has 0 heterocycles. The second kappa shape index (κ2) is 6.57. The highest BCUT2D eigenvalue weighted by Gasteiger charge is 2.21. The van der Waals surface area contributed by atoms with E-state index in [2.05, 4.69) is 0 Å². The van der Waals surface area contributed by atoms with Crippen LogP contribution in [-0.2, 0) is 20.0 Å². The van der Waals surface area contributed by atoms with E-state index in [1.54, 1.807) is 19.9 Å². The maximum Gasteiger partial charge on any atom is 0.339 e. The summed E-state index contributed by atoms with van der Waals surface area (Å²) < 4.78 is 53.9. The first kappa shape index (κ1) is 18.5. The van der Waals surface area contributed by atoms with E-state index in [1.807, 2.05) is 13.0 Å². The molecule has 0 N–H and O–H groups in total. The molecular formula is C17H20O5S2. The minimum atomic E-state index is -4.04. The Morgan fingerprint density at radius 2 is 1.29 bits per heavy atom. The third-order valence-electron chi connectivity index (χ3n) is 3.92. The lowest BCUT2D eigenvalue weighted by molar-refractivity contribution is 0.482. The van der Waals surface area contributed by atoms with Crippen LogP contribution in [0.4, 0.5) is 0 Å². The predicted octanol–water partition coefficient (Wildman–Crippen LogP) is 3.17. The fraction of sp³-hybridized carbons (Fsp3) is 0.294. The Morgan fingerprint density at radius 1 is 0.792 bits per heavy atom. The minimum absolute atomic E-state index is 0.0444. The van der Waals surface area contributed by atoms with Crippen LogP contribution in [0.3, 0.4) is 0 Å². The lowest BCUT2D eigenvalue weighted by Crippen LogP contribution is -2.12. The summed E-state index contributed by atoms with van der Waals surface area (Å²) in [5.74, 6) is 0.261. The van der Waals surface area contributed by atoms with Crippen LogP contribution in [0.15, 0.2) is 46.2 Å². The first-order valence-electron chi connectivity index (χ1n) is 7.42. The summed E-state index contributed by atoms with van der Waals surface area (Å²) in [5.41, 5.74) is 2.39. The van der Waals surface area contributed by atoms with Crippen molar-refractivity contribution in [1.29, 1.82) is 0 Å². The summed E-state index contributed by atoms with van der Waals surface area (Å²) in [5, 5.41) is 0. The number of hydrogen-bond donors (Lipinski definition) is 0. The zero-order chi connectivity index (χ0) is 18.1. The van der Waals surface area contributed by atoms with E-state index in [0.29, 0.717) is 11.3 Å². The van der Waals surface area contributed by atoms with Crippen LogP contribution >= 0.6 is 0 Å². The van der Waals surface area contributed by atoms with Crippen molar-refractivity contribution < 1.29 is 21.0 Å². The largest absolute Gasteiger partial charge is 0.378 e. The van der Waals surface area contributed by atoms with E-state index >= 15 is 0 Å². The molecule has 0 amide bonds. The number of aryl methyl sites for hydroxylation is 2. The van der Waals surface area contributed by atoms with E-state index in [-0.39, 0.29) is 15.5 Å². The van der Waals surface area contributed by atoms with Crippen molar-refractivity contribution in [1.82, 2.24) is 0 Å². The molecule has 0 aliphatic heterocycles. The molecular weight excluding hydrogens is 348 g/mol. The Morgan fingerprint density at radius 3 is 1.83 bits per heavy atom. The standard InChI is InChI=1S/C17H20O5S2/c1-5-23(18,19)15-8-10-16(11-9-15)24(20,21)22-17-13(3)7-6-12(2)14(17)4/h6-11H,5H2,1-4H3. The van der Waals surface area contributed by atoms with Crippen molar-refractivity contribution in [2.24, 2.45) is 0 Å². The summed E-state index contributed by atoms with van der Waals surface area (Å²) in [4.78, 5) is 0.00438. The van der Waals surface area contributed by atoms with Gasteiger partial charge in [0, 0.05) is 0 Å². The molecule has 7 heteroatoms. The molecule has 0 spiro atoms. The molecule has 130 valence electrons. The molecule has 0 unspecified atom stereocenters. The highest BCUT2D eigenvalue weighted by molar-refractivity contribution is 7.91. The van der Waals surface area contributed by atoms with E-state index < -0.39 is 20.0 Å². The molecule has 24 heavy (non-hydrogen) atoms. The van der Waals surface area contributed by atoms with E-state index in [0.717, 1.165) is 11.1 Å². The van der Waals surface area contributed by atoms with Gasteiger partial charge < -0.3 is 4.18 Å². The zero-order valence-electron chi connectivity index (χ0n) is 14.0. The number of rotatable bonds is 5. The minimum Gasteiger partial charge on any atom is -0.378 e. The molecule has 2 aromatic carbocycles. The van der Waals surface area contributed by atoms with Crippen LogP contribution in [0, 0.1) is 20.8 Å². The monoisotopic (exact) mass is 368 g/mol. The molecule has 0 saturated heterocycles. The van der Waals surface area contributed by atoms with Gasteiger partial charge in [-0.25, -0.2) is 8.42 Å². The highest BCUT2D eigenvalue weighted by atomic mass is 32.2. The maximum absolute atomic E-state index is 12.5. The Hall–Kier alpha value is -1.86. The number of benzene rings is 2. The van der Waals surface area contributed by atoms with Crippen molar-refractivity contribution in [3.8, 4) is 5.75 Å². The van der Waals surface area contributed by atoms with Crippen LogP contribution in [-0.4, -0.2) is 22.6 Å². The molecule has 0 aromatic heterocycles. The second-order valence-electron chi connectivity index (χ2n) is 5.57. The Balaban J connectivity index is 2.41. The van der Waals surface area contributed by atoms with Crippen molar-refractivity contribution in [2.75, 3.05) is 5.75 Å². The summed E-state index contributed by atoms with van der Waals surface area (Å²) in [7, 11) is -7.41. The van der Waals surface area contributed by atoms with Gasteiger partial charge in [0.2, 0.25) is 0 Å². The molecule has 0 saturated carbocycles. The first-order chi connectivity index (χ1) is 11.1. The van der Waals surface area contributed by atoms with E-state index in [4.69, 9.17) is 4.18 Å². The topological polar surface area (TPSA) is 77.5 Å². The van der Waals surface area contributed by atoms with E-state index in [9.17, 15) is 16.8 Å². The summed E-state index contributed by atoms with van der Waals surface area (Å²) in [6, 6.07) is 8.76. The van der Waals surface area contributed by atoms with Gasteiger partial charge >= 0.3 is 10.1 Å². The predicted molar refractivity (Wildman–Crippen MR) is 92.6 cm³/mol. The lowest BCUT2D eigenvalue weighted by Gasteiger charge is -2.14. The van der Waals surface area contributed by atoms with Gasteiger partial charge in [0.15, 0.2) is 9.84 Å². The molecule has 2 rings (SSSR count). The van der Waals surface area contributed by atoms with Crippen LogP contribution in [0.1, 0.15) is 23.6 Å². The van der Waals surface area contributed by atoms with Crippen LogP contribution < -0.4 is 4.18 Å². The third kappa shape index (κ3) is 3.62. The Bertz CT molecular complexity index is 957. The Labute approximate surface area is 143 Å². The summed E-state index contributed by atoms with van der Waals surface area (Å²) >= 11 is 0. The van der Waals surface area contributed by atoms with Gasteiger partial charge in [0.25, 0.3) is 0 Å². The van der Waals surface area contributed by atoms with Gasteiger partial charge in [-0.2, -0.15) is 8.42 Å². The van der Waals surface area contributed by atoms with Crippen molar-refractivity contribution in [3.05, 3.63) is 53.1 Å². The average Bonchev–Trinajstić information content (AvgIpc) is 2.55. The number of sulfone groups is 1. The molecule has 0 fully saturated rings. The normalized spacial score (nSPS) is 12.2. The quantitative estimate of drug-likeness (QED) is 0.758. The van der Waals surface area contributed by atoms with Gasteiger partial charge in [-0.1, -0.05) is 19.1 Å². The zero-order valence-corrected chi connectivity index (χ0v) is 15.7. The van der Waals surface area contributed by atoms with Crippen molar-refractivity contribution in [2.45, 2.75) is 37.5 Å². The molecule has 0 radical (unpaired) electrons. The SMILES string of the molecule is CCS(=O)(=O)c1ccc(S(=O)(=O)Oc2c(C)ccc(C)c2C)cc1. The summed E-state index contributed by atoms with van der Waals surface area (Å²) in [6.45, 7) is 6.98. The van der Waals surface area contributed by atoms with E-state index in [1.165, 1.54) is 31.2 Å². The molecule has 2 aromatic rings. The average molecular weight is 368 g/mol. The van der Waals surface area contributed by atoms with Gasteiger partial charge in [0.1, 0.15) is 10.6 Å². The van der Waals surface area contributed by atoms with Crippen molar-refractivity contribution in [3.63, 3.8) is 0 Å². The van der Waals surface area contributed by atoms with Crippen LogP contribution in [0.2, 0.25) is 0 Å². The van der Waals surface area contributed by atoms with Crippen LogP contribution in [0.5, 0.6) is 5.75 Å². The fourth-order valence-corrected chi connectivity index (χ4v) is 4.12. The molecule has 0 atom stereocenters. The summed E-state index contributed by atoms with van der Waals surface area (Å²) in [6.07, 6.45) is 0. The van der Waals surface area contributed by atoms with Crippen LogP contribution in [0.25, 0.3) is 0 Å². The molecule has 0 aliphatic carbocycles. The lowest BCUT2D eigenvalue weighted by atomic mass is 10.1. The first-order valence-corrected chi connectivity index (χ1v) is 10.5. The molecule has 0 bridgehead atoms. The second-order valence-corrected chi connectivity index (χ2v) is 9.39. The molecule has 0 aliphatic rings. The maximum atomic E-state index is 12.5. The molecule has 5 nitrogen and oxygen atoms in total. The van der Waals surface area contributed by atoms with Gasteiger partial charge in [-0.15, -0.1) is 0 Å². The van der Waals surface area contributed by atoms with Crippen molar-refractivity contribution >= 4 is 20.0 Å². The third-order valence-corrected chi connectivity index (χ3v) is 6.90. The van der Waals surface area contributed by atoms with Gasteiger partial charge in [-0.3, -0.25) is 0 Å². The smallest absolute Gasteiger partial charge is 0.339 e. The van der Waals surface area contributed by atoms with Gasteiger partial charge in [-0.05, 0) is 61.7 Å². The number of hydrogen-bond acceptors (Lipinski definition) is 5. The Kier molecular flexibility index (Phi) is 5.05. The fourth-order valence-electron chi connectivity index (χ4n) is 2.19. The van der Waals surface area contributed by atoms with Gasteiger partial charge in [0.05, 0.1) is 10.6 Å².